The van der Waals surface area contributed by atoms with E-state index in [0.29, 0.717) is 17.2 Å². The molecule has 3 aliphatic rings. The Kier molecular flexibility index (Phi) is 4.48. The van der Waals surface area contributed by atoms with Crippen LogP contribution < -0.4 is 23.7 Å². The largest absolute Gasteiger partial charge is 0.493 e. The number of ether oxygens (including phenoxy) is 7. The van der Waals surface area contributed by atoms with Crippen molar-refractivity contribution in [2.75, 3.05) is 28.1 Å². The molecule has 0 saturated carbocycles. The Morgan fingerprint density at radius 1 is 0.833 bits per heavy atom. The van der Waals surface area contributed by atoms with Crippen molar-refractivity contribution >= 4 is 0 Å². The van der Waals surface area contributed by atoms with Gasteiger partial charge in [0.25, 0.3) is 0 Å². The molecule has 30 heavy (non-hydrogen) atoms. The molecule has 3 unspecified atom stereocenters. The van der Waals surface area contributed by atoms with E-state index in [9.17, 15) is 0 Å². The highest BCUT2D eigenvalue weighted by Crippen LogP contribution is 2.54. The molecule has 0 bridgehead atoms. The normalized spacial score (nSPS) is 25.4. The Morgan fingerprint density at radius 2 is 1.47 bits per heavy atom. The van der Waals surface area contributed by atoms with Crippen LogP contribution in [0.2, 0.25) is 0 Å². The van der Waals surface area contributed by atoms with Gasteiger partial charge in [0, 0.05) is 5.92 Å². The predicted molar refractivity (Wildman–Crippen MR) is 108 cm³/mol. The van der Waals surface area contributed by atoms with Crippen molar-refractivity contribution in [3.05, 3.63) is 41.0 Å². The van der Waals surface area contributed by atoms with Gasteiger partial charge in [-0.15, -0.1) is 0 Å². The monoisotopic (exact) mass is 414 g/mol. The predicted octanol–water partition coefficient (Wildman–Crippen LogP) is 4.17. The molecule has 1 saturated heterocycles. The fourth-order valence-corrected chi connectivity index (χ4v) is 4.77. The van der Waals surface area contributed by atoms with E-state index in [2.05, 4.69) is 6.07 Å². The lowest BCUT2D eigenvalue weighted by Crippen LogP contribution is -2.27. The molecule has 0 amide bonds. The van der Waals surface area contributed by atoms with Gasteiger partial charge in [-0.3, -0.25) is 0 Å². The molecule has 7 nitrogen and oxygen atoms in total. The van der Waals surface area contributed by atoms with E-state index in [0.717, 1.165) is 34.6 Å². The zero-order chi connectivity index (χ0) is 21.0. The molecule has 2 aromatic carbocycles. The summed E-state index contributed by atoms with van der Waals surface area (Å²) < 4.78 is 40.5. The smallest absolute Gasteiger partial charge is 0.231 e. The lowest BCUT2D eigenvalue weighted by atomic mass is 9.76. The van der Waals surface area contributed by atoms with Gasteiger partial charge in [-0.25, -0.2) is 0 Å². The van der Waals surface area contributed by atoms with Gasteiger partial charge in [-0.1, -0.05) is 0 Å². The molecule has 0 aromatic heterocycles. The molecule has 7 heteroatoms. The van der Waals surface area contributed by atoms with E-state index in [4.69, 9.17) is 33.2 Å². The summed E-state index contributed by atoms with van der Waals surface area (Å²) in [5.41, 5.74) is 3.26. The lowest BCUT2D eigenvalue weighted by molar-refractivity contribution is -0.146. The van der Waals surface area contributed by atoms with Gasteiger partial charge < -0.3 is 33.2 Å². The molecule has 1 aliphatic carbocycles. The summed E-state index contributed by atoms with van der Waals surface area (Å²) in [6.45, 7) is 4.13. The summed E-state index contributed by atoms with van der Waals surface area (Å²) in [5.74, 6) is 2.72. The first-order valence-electron chi connectivity index (χ1n) is 10.0. The van der Waals surface area contributed by atoms with Crippen LogP contribution in [0.5, 0.6) is 28.7 Å². The molecule has 2 aliphatic heterocycles. The minimum Gasteiger partial charge on any atom is -0.493 e. The second-order valence-corrected chi connectivity index (χ2v) is 8.18. The minimum absolute atomic E-state index is 0.0435. The van der Waals surface area contributed by atoms with Gasteiger partial charge in [-0.2, -0.15) is 0 Å². The third kappa shape index (κ3) is 2.96. The van der Waals surface area contributed by atoms with E-state index < -0.39 is 5.79 Å². The minimum atomic E-state index is -0.646. The number of benzene rings is 2. The van der Waals surface area contributed by atoms with Crippen LogP contribution in [-0.4, -0.2) is 40.0 Å². The first kappa shape index (κ1) is 19.3. The van der Waals surface area contributed by atoms with Crippen molar-refractivity contribution in [1.29, 1.82) is 0 Å². The van der Waals surface area contributed by atoms with Crippen LogP contribution in [0.25, 0.3) is 0 Å². The van der Waals surface area contributed by atoms with E-state index >= 15 is 0 Å². The van der Waals surface area contributed by atoms with Crippen LogP contribution in [0.4, 0.5) is 0 Å². The molecule has 5 rings (SSSR count). The Balaban J connectivity index is 1.66. The summed E-state index contributed by atoms with van der Waals surface area (Å²) in [7, 11) is 4.85. The van der Waals surface area contributed by atoms with E-state index in [-0.39, 0.29) is 24.9 Å². The fourth-order valence-electron chi connectivity index (χ4n) is 4.77. The molecule has 3 atom stereocenters. The number of hydrogen-bond acceptors (Lipinski definition) is 7. The third-order valence-electron chi connectivity index (χ3n) is 6.00. The van der Waals surface area contributed by atoms with E-state index in [1.165, 1.54) is 0 Å². The third-order valence-corrected chi connectivity index (χ3v) is 6.00. The lowest BCUT2D eigenvalue weighted by Gasteiger charge is -2.33. The molecule has 1 fully saturated rings. The maximum atomic E-state index is 6.26. The van der Waals surface area contributed by atoms with Crippen LogP contribution in [-0.2, 0) is 9.47 Å². The van der Waals surface area contributed by atoms with Gasteiger partial charge >= 0.3 is 0 Å². The average molecular weight is 414 g/mol. The quantitative estimate of drug-likeness (QED) is 0.744. The second-order valence-electron chi connectivity index (χ2n) is 8.18. The van der Waals surface area contributed by atoms with Crippen molar-refractivity contribution in [1.82, 2.24) is 0 Å². The standard InChI is InChI=1S/C23H26O7/c1-23(2)29-20-8-13(12-6-18(24-3)22(26-5)19(7-12)25-4)14-9-16-17(28-11-27-16)10-15(14)21(20)30-23/h6-7,9-10,13,20-21H,8,11H2,1-5H3. The molecule has 160 valence electrons. The summed E-state index contributed by atoms with van der Waals surface area (Å²) in [5, 5.41) is 0. The maximum Gasteiger partial charge on any atom is 0.231 e. The molecular formula is C23H26O7. The summed E-state index contributed by atoms with van der Waals surface area (Å²) in [6, 6.07) is 8.10. The molecule has 2 heterocycles. The van der Waals surface area contributed by atoms with E-state index in [1.54, 1.807) is 21.3 Å². The van der Waals surface area contributed by atoms with Gasteiger partial charge in [0.1, 0.15) is 6.10 Å². The molecule has 2 aromatic rings. The van der Waals surface area contributed by atoms with Crippen molar-refractivity contribution < 1.29 is 33.2 Å². The summed E-state index contributed by atoms with van der Waals surface area (Å²) >= 11 is 0. The zero-order valence-electron chi connectivity index (χ0n) is 17.8. The number of fused-ring (bicyclic) bond motifs is 4. The van der Waals surface area contributed by atoms with Crippen LogP contribution in [0.15, 0.2) is 24.3 Å². The van der Waals surface area contributed by atoms with Gasteiger partial charge in [0.2, 0.25) is 12.5 Å². The molecule has 0 N–H and O–H groups in total. The second kappa shape index (κ2) is 6.96. The van der Waals surface area contributed by atoms with Crippen LogP contribution in [0.1, 0.15) is 49.0 Å². The molecular weight excluding hydrogens is 388 g/mol. The van der Waals surface area contributed by atoms with Crippen molar-refractivity contribution in [2.45, 2.75) is 44.2 Å². The first-order valence-corrected chi connectivity index (χ1v) is 10.0. The zero-order valence-corrected chi connectivity index (χ0v) is 17.8. The van der Waals surface area contributed by atoms with Crippen LogP contribution in [0, 0.1) is 0 Å². The highest BCUT2D eigenvalue weighted by atomic mass is 16.8. The maximum absolute atomic E-state index is 6.26. The SMILES string of the molecule is COc1cc(C2CC3OC(C)(C)OC3c3cc4c(cc32)OCO4)cc(OC)c1OC. The van der Waals surface area contributed by atoms with Crippen molar-refractivity contribution in [3.63, 3.8) is 0 Å². The first-order chi connectivity index (χ1) is 14.4. The van der Waals surface area contributed by atoms with Gasteiger partial charge in [0.05, 0.1) is 27.4 Å². The number of hydrogen-bond donors (Lipinski definition) is 0. The Hall–Kier alpha value is -2.64. The topological polar surface area (TPSA) is 64.6 Å². The summed E-state index contributed by atoms with van der Waals surface area (Å²) in [4.78, 5) is 0. The van der Waals surface area contributed by atoms with Crippen LogP contribution in [0.3, 0.4) is 0 Å². The Bertz CT molecular complexity index is 959. The number of rotatable bonds is 4. The highest BCUT2D eigenvalue weighted by molar-refractivity contribution is 5.59. The molecule has 0 spiro atoms. The van der Waals surface area contributed by atoms with E-state index in [1.807, 2.05) is 32.0 Å². The van der Waals surface area contributed by atoms with Crippen molar-refractivity contribution in [2.24, 2.45) is 0 Å². The Morgan fingerprint density at radius 3 is 2.07 bits per heavy atom. The Labute approximate surface area is 175 Å². The summed E-state index contributed by atoms with van der Waals surface area (Å²) in [6.07, 6.45) is 0.541. The number of methoxy groups -OCH3 is 3. The fraction of sp³-hybridized carbons (Fsp3) is 0.478. The van der Waals surface area contributed by atoms with Gasteiger partial charge in [-0.05, 0) is 61.2 Å². The van der Waals surface area contributed by atoms with Crippen LogP contribution >= 0.6 is 0 Å². The van der Waals surface area contributed by atoms with Crippen molar-refractivity contribution in [3.8, 4) is 28.7 Å². The average Bonchev–Trinajstić information content (AvgIpc) is 3.32. The van der Waals surface area contributed by atoms with Gasteiger partial charge in [0.15, 0.2) is 28.8 Å². The highest BCUT2D eigenvalue weighted by Gasteiger charge is 2.48. The molecule has 0 radical (unpaired) electrons.